The highest BCUT2D eigenvalue weighted by molar-refractivity contribution is 7.89. The van der Waals surface area contributed by atoms with Crippen LogP contribution >= 0.6 is 11.3 Å². The van der Waals surface area contributed by atoms with E-state index in [0.717, 1.165) is 16.3 Å². The zero-order chi connectivity index (χ0) is 14.8. The van der Waals surface area contributed by atoms with Crippen LogP contribution in [0.5, 0.6) is 0 Å². The summed E-state index contributed by atoms with van der Waals surface area (Å²) in [6, 6.07) is 4.80. The molecule has 2 rings (SSSR count). The first-order valence-corrected chi connectivity index (χ1v) is 8.51. The molecule has 0 aliphatic rings. The number of nitrogens with one attached hydrogen (secondary N) is 1. The van der Waals surface area contributed by atoms with Gasteiger partial charge in [0.1, 0.15) is 0 Å². The Morgan fingerprint density at radius 2 is 2.05 bits per heavy atom. The van der Waals surface area contributed by atoms with Crippen LogP contribution in [0.1, 0.15) is 16.3 Å². The Morgan fingerprint density at radius 1 is 1.30 bits per heavy atom. The average molecular weight is 311 g/mol. The minimum atomic E-state index is -3.52. The van der Waals surface area contributed by atoms with Crippen LogP contribution < -0.4 is 10.5 Å². The van der Waals surface area contributed by atoms with Crippen molar-refractivity contribution in [2.45, 2.75) is 25.2 Å². The van der Waals surface area contributed by atoms with Crippen LogP contribution in [0.4, 0.5) is 5.69 Å². The molecule has 0 saturated heterocycles. The summed E-state index contributed by atoms with van der Waals surface area (Å²) >= 11 is 1.56. The van der Waals surface area contributed by atoms with Crippen molar-refractivity contribution < 1.29 is 8.42 Å². The molecule has 0 saturated carbocycles. The highest BCUT2D eigenvalue weighted by atomic mass is 32.2. The minimum absolute atomic E-state index is 0.199. The highest BCUT2D eigenvalue weighted by Crippen LogP contribution is 2.16. The lowest BCUT2D eigenvalue weighted by molar-refractivity contribution is 0.581. The maximum Gasteiger partial charge on any atom is 0.240 e. The summed E-state index contributed by atoms with van der Waals surface area (Å²) in [6.07, 6.45) is 0.574. The molecule has 0 bridgehead atoms. The molecule has 0 fully saturated rings. The summed E-state index contributed by atoms with van der Waals surface area (Å²) in [5.41, 5.74) is 7.84. The summed E-state index contributed by atoms with van der Waals surface area (Å²) < 4.78 is 26.9. The monoisotopic (exact) mass is 311 g/mol. The Labute approximate surface area is 122 Å². The Morgan fingerprint density at radius 3 is 2.65 bits per heavy atom. The van der Waals surface area contributed by atoms with Gasteiger partial charge in [-0.15, -0.1) is 11.3 Å². The van der Waals surface area contributed by atoms with Crippen LogP contribution in [0.3, 0.4) is 0 Å². The summed E-state index contributed by atoms with van der Waals surface area (Å²) in [7, 11) is -3.52. The maximum absolute atomic E-state index is 12.1. The number of hydrogen-bond acceptors (Lipinski definition) is 5. The normalized spacial score (nSPS) is 11.7. The Bertz CT molecular complexity index is 688. The lowest BCUT2D eigenvalue weighted by atomic mass is 10.2. The third kappa shape index (κ3) is 3.78. The standard InChI is InChI=1S/C13H17N3O2S2/c1-9-5-11(14)7-13(6-9)20(17,18)15-4-3-12-8-19-10(2)16-12/h5-8,15H,3-4,14H2,1-2H3. The van der Waals surface area contributed by atoms with E-state index in [1.165, 1.54) is 6.07 Å². The number of hydrogen-bond donors (Lipinski definition) is 2. The van der Waals surface area contributed by atoms with Crippen molar-refractivity contribution >= 4 is 27.0 Å². The fraction of sp³-hybridized carbons (Fsp3) is 0.308. The van der Waals surface area contributed by atoms with E-state index in [-0.39, 0.29) is 4.90 Å². The van der Waals surface area contributed by atoms with Gasteiger partial charge in [0.25, 0.3) is 0 Å². The Balaban J connectivity index is 2.03. The van der Waals surface area contributed by atoms with Gasteiger partial charge < -0.3 is 5.73 Å². The lowest BCUT2D eigenvalue weighted by Crippen LogP contribution is -2.26. The number of rotatable bonds is 5. The predicted octanol–water partition coefficient (Wildman–Crippen LogP) is 1.86. The van der Waals surface area contributed by atoms with Gasteiger partial charge in [-0.05, 0) is 37.6 Å². The number of aromatic nitrogens is 1. The molecule has 1 heterocycles. The van der Waals surface area contributed by atoms with Crippen molar-refractivity contribution in [1.29, 1.82) is 0 Å². The largest absolute Gasteiger partial charge is 0.399 e. The van der Waals surface area contributed by atoms with Gasteiger partial charge >= 0.3 is 0 Å². The van der Waals surface area contributed by atoms with Gasteiger partial charge in [-0.1, -0.05) is 0 Å². The highest BCUT2D eigenvalue weighted by Gasteiger charge is 2.14. The van der Waals surface area contributed by atoms with Gasteiger partial charge in [0.05, 0.1) is 15.6 Å². The third-order valence-electron chi connectivity index (χ3n) is 2.72. The number of nitrogens with two attached hydrogens (primary N) is 1. The molecule has 108 valence electrons. The van der Waals surface area contributed by atoms with Crippen LogP contribution in [0.15, 0.2) is 28.5 Å². The molecule has 0 spiro atoms. The number of benzene rings is 1. The predicted molar refractivity (Wildman–Crippen MR) is 81.3 cm³/mol. The summed E-state index contributed by atoms with van der Waals surface area (Å²) in [5, 5.41) is 2.92. The number of nitrogen functional groups attached to an aromatic ring is 1. The molecule has 0 aliphatic heterocycles. The molecule has 0 unspecified atom stereocenters. The Kier molecular flexibility index (Phi) is 4.42. The molecule has 0 atom stereocenters. The minimum Gasteiger partial charge on any atom is -0.399 e. The zero-order valence-corrected chi connectivity index (χ0v) is 13.0. The molecule has 2 aromatic rings. The first kappa shape index (κ1) is 15.0. The number of sulfonamides is 1. The van der Waals surface area contributed by atoms with E-state index in [1.807, 2.05) is 19.2 Å². The van der Waals surface area contributed by atoms with Gasteiger partial charge in [-0.3, -0.25) is 0 Å². The van der Waals surface area contributed by atoms with Gasteiger partial charge in [0, 0.05) is 24.0 Å². The second kappa shape index (κ2) is 5.90. The molecule has 5 nitrogen and oxygen atoms in total. The van der Waals surface area contributed by atoms with Crippen LogP contribution in [-0.2, 0) is 16.4 Å². The molecule has 0 amide bonds. The topological polar surface area (TPSA) is 85.1 Å². The molecule has 1 aromatic carbocycles. The summed E-state index contributed by atoms with van der Waals surface area (Å²) in [6.45, 7) is 4.06. The average Bonchev–Trinajstić information content (AvgIpc) is 2.73. The molecule has 7 heteroatoms. The number of anilines is 1. The van der Waals surface area contributed by atoms with Gasteiger partial charge in [0.2, 0.25) is 10.0 Å². The number of aryl methyl sites for hydroxylation is 2. The van der Waals surface area contributed by atoms with Crippen molar-refractivity contribution in [3.8, 4) is 0 Å². The SMILES string of the molecule is Cc1cc(N)cc(S(=O)(=O)NCCc2csc(C)n2)c1. The van der Waals surface area contributed by atoms with E-state index in [4.69, 9.17) is 5.73 Å². The lowest BCUT2D eigenvalue weighted by Gasteiger charge is -2.08. The van der Waals surface area contributed by atoms with E-state index >= 15 is 0 Å². The van der Waals surface area contributed by atoms with E-state index in [9.17, 15) is 8.42 Å². The first-order chi connectivity index (χ1) is 9.37. The fourth-order valence-electron chi connectivity index (χ4n) is 1.85. The van der Waals surface area contributed by atoms with Crippen LogP contribution in [-0.4, -0.2) is 19.9 Å². The second-order valence-corrected chi connectivity index (χ2v) is 7.41. The quantitative estimate of drug-likeness (QED) is 0.825. The molecule has 0 radical (unpaired) electrons. The Hall–Kier alpha value is -1.44. The van der Waals surface area contributed by atoms with Gasteiger partial charge in [0.15, 0.2) is 0 Å². The molecular formula is C13H17N3O2S2. The number of nitrogens with zero attached hydrogens (tertiary/aromatic N) is 1. The molecule has 0 aliphatic carbocycles. The van der Waals surface area contributed by atoms with Gasteiger partial charge in [-0.2, -0.15) is 0 Å². The van der Waals surface area contributed by atoms with Crippen LogP contribution in [0, 0.1) is 13.8 Å². The van der Waals surface area contributed by atoms with E-state index in [0.29, 0.717) is 18.7 Å². The molecule has 20 heavy (non-hydrogen) atoms. The maximum atomic E-state index is 12.1. The van der Waals surface area contributed by atoms with E-state index in [1.54, 1.807) is 23.5 Å². The smallest absolute Gasteiger partial charge is 0.240 e. The van der Waals surface area contributed by atoms with E-state index < -0.39 is 10.0 Å². The van der Waals surface area contributed by atoms with Crippen molar-refractivity contribution in [1.82, 2.24) is 9.71 Å². The fourth-order valence-corrected chi connectivity index (χ4v) is 3.67. The summed E-state index contributed by atoms with van der Waals surface area (Å²) in [4.78, 5) is 4.49. The van der Waals surface area contributed by atoms with Crippen molar-refractivity contribution in [3.05, 3.63) is 39.8 Å². The van der Waals surface area contributed by atoms with Crippen LogP contribution in [0.25, 0.3) is 0 Å². The molecular weight excluding hydrogens is 294 g/mol. The van der Waals surface area contributed by atoms with Crippen molar-refractivity contribution in [3.63, 3.8) is 0 Å². The molecule has 1 aromatic heterocycles. The van der Waals surface area contributed by atoms with Crippen molar-refractivity contribution in [2.24, 2.45) is 0 Å². The summed E-state index contributed by atoms with van der Waals surface area (Å²) in [5.74, 6) is 0. The van der Waals surface area contributed by atoms with Crippen molar-refractivity contribution in [2.75, 3.05) is 12.3 Å². The van der Waals surface area contributed by atoms with Gasteiger partial charge in [-0.25, -0.2) is 18.1 Å². The third-order valence-corrected chi connectivity index (χ3v) is 4.99. The van der Waals surface area contributed by atoms with Crippen LogP contribution in [0.2, 0.25) is 0 Å². The number of thiazole rings is 1. The molecule has 3 N–H and O–H groups in total. The van der Waals surface area contributed by atoms with E-state index in [2.05, 4.69) is 9.71 Å². The second-order valence-electron chi connectivity index (χ2n) is 4.59. The zero-order valence-electron chi connectivity index (χ0n) is 11.4. The first-order valence-electron chi connectivity index (χ1n) is 6.15.